The first-order valence-electron chi connectivity index (χ1n) is 9.26. The van der Waals surface area contributed by atoms with Crippen LogP contribution in [0.4, 0.5) is 0 Å². The molecule has 0 saturated carbocycles. The highest BCUT2D eigenvalue weighted by atomic mass is 14.5. The van der Waals surface area contributed by atoms with E-state index in [1.165, 1.54) is 44.5 Å². The Morgan fingerprint density at radius 1 is 0.923 bits per heavy atom. The van der Waals surface area contributed by atoms with E-state index in [0.29, 0.717) is 0 Å². The van der Waals surface area contributed by atoms with Gasteiger partial charge in [0.15, 0.2) is 0 Å². The van der Waals surface area contributed by atoms with Crippen molar-refractivity contribution in [1.29, 1.82) is 0 Å². The standard InChI is InChI=1S/C24H20.C2H4/c1-3-20-16(2)17-10-4-7-13-21(17)24(20)22-14-8-5-11-18(22)19-12-6-9-15-23(19)24;1-2/h3,5-9,11-15H,2,4,10H2,1H3;1-2H2/b20-3+;. The van der Waals surface area contributed by atoms with Gasteiger partial charge < -0.3 is 0 Å². The van der Waals surface area contributed by atoms with Gasteiger partial charge in [0.2, 0.25) is 0 Å². The third-order valence-electron chi connectivity index (χ3n) is 5.91. The molecule has 0 unspecified atom stereocenters. The van der Waals surface area contributed by atoms with Crippen LogP contribution in [-0.2, 0) is 5.41 Å². The van der Waals surface area contributed by atoms with Crippen LogP contribution in [0.25, 0.3) is 11.1 Å². The molecular formula is C26H24. The number of fused-ring (bicyclic) bond motifs is 6. The van der Waals surface area contributed by atoms with Crippen molar-refractivity contribution in [2.75, 3.05) is 0 Å². The van der Waals surface area contributed by atoms with Crippen LogP contribution in [-0.4, -0.2) is 0 Å². The maximum Gasteiger partial charge on any atom is 0.0718 e. The number of benzene rings is 2. The van der Waals surface area contributed by atoms with E-state index in [1.54, 1.807) is 0 Å². The number of allylic oxidation sites excluding steroid dienone is 7. The van der Waals surface area contributed by atoms with Crippen molar-refractivity contribution in [3.8, 4) is 11.1 Å². The molecule has 0 N–H and O–H groups in total. The normalized spacial score (nSPS) is 19.9. The zero-order valence-electron chi connectivity index (χ0n) is 15.4. The van der Waals surface area contributed by atoms with Gasteiger partial charge in [-0.25, -0.2) is 0 Å². The molecule has 0 heteroatoms. The summed E-state index contributed by atoms with van der Waals surface area (Å²) in [5, 5.41) is 0. The van der Waals surface area contributed by atoms with Gasteiger partial charge in [0.25, 0.3) is 0 Å². The van der Waals surface area contributed by atoms with E-state index < -0.39 is 0 Å². The van der Waals surface area contributed by atoms with Gasteiger partial charge >= 0.3 is 0 Å². The molecule has 2 aromatic carbocycles. The maximum atomic E-state index is 4.50. The summed E-state index contributed by atoms with van der Waals surface area (Å²) in [6.45, 7) is 12.7. The third-order valence-corrected chi connectivity index (χ3v) is 5.91. The van der Waals surface area contributed by atoms with E-state index >= 15 is 0 Å². The molecule has 3 aliphatic carbocycles. The van der Waals surface area contributed by atoms with Crippen LogP contribution in [0.15, 0.2) is 109 Å². The van der Waals surface area contributed by atoms with Crippen LogP contribution in [0.3, 0.4) is 0 Å². The van der Waals surface area contributed by atoms with Crippen molar-refractivity contribution in [3.05, 3.63) is 120 Å². The summed E-state index contributed by atoms with van der Waals surface area (Å²) in [5.41, 5.74) is 10.9. The second-order valence-electron chi connectivity index (χ2n) is 6.86. The summed E-state index contributed by atoms with van der Waals surface area (Å²) in [6.07, 6.45) is 9.20. The molecule has 0 atom stereocenters. The lowest BCUT2D eigenvalue weighted by atomic mass is 9.69. The lowest BCUT2D eigenvalue weighted by molar-refractivity contribution is 0.773. The van der Waals surface area contributed by atoms with E-state index in [1.807, 2.05) is 0 Å². The van der Waals surface area contributed by atoms with Crippen LogP contribution in [0.2, 0.25) is 0 Å². The lowest BCUT2D eigenvalue weighted by Gasteiger charge is -2.32. The van der Waals surface area contributed by atoms with E-state index in [9.17, 15) is 0 Å². The average Bonchev–Trinajstić information content (AvgIpc) is 3.16. The molecule has 128 valence electrons. The average molecular weight is 336 g/mol. The van der Waals surface area contributed by atoms with Gasteiger partial charge in [-0.2, -0.15) is 0 Å². The van der Waals surface area contributed by atoms with Gasteiger partial charge in [-0.15, -0.1) is 13.2 Å². The highest BCUT2D eigenvalue weighted by molar-refractivity contribution is 5.90. The zero-order valence-corrected chi connectivity index (χ0v) is 15.4. The smallest absolute Gasteiger partial charge is 0.0718 e. The molecular weight excluding hydrogens is 312 g/mol. The molecule has 0 saturated heterocycles. The summed E-state index contributed by atoms with van der Waals surface area (Å²) in [7, 11) is 0. The van der Waals surface area contributed by atoms with Crippen LogP contribution in [0.1, 0.15) is 30.9 Å². The molecule has 5 rings (SSSR count). The molecule has 0 amide bonds. The Morgan fingerprint density at radius 2 is 1.50 bits per heavy atom. The molecule has 1 spiro atoms. The first kappa shape index (κ1) is 16.6. The second-order valence-corrected chi connectivity index (χ2v) is 6.86. The molecule has 3 aliphatic rings. The number of hydrogen-bond acceptors (Lipinski definition) is 0. The summed E-state index contributed by atoms with van der Waals surface area (Å²) in [5.74, 6) is 0. The van der Waals surface area contributed by atoms with E-state index in [4.69, 9.17) is 0 Å². The van der Waals surface area contributed by atoms with Crippen molar-refractivity contribution >= 4 is 0 Å². The summed E-state index contributed by atoms with van der Waals surface area (Å²) in [4.78, 5) is 0. The minimum absolute atomic E-state index is 0.161. The van der Waals surface area contributed by atoms with Crippen LogP contribution < -0.4 is 0 Å². The highest BCUT2D eigenvalue weighted by Gasteiger charge is 2.53. The maximum absolute atomic E-state index is 4.50. The van der Waals surface area contributed by atoms with Crippen molar-refractivity contribution in [3.63, 3.8) is 0 Å². The minimum atomic E-state index is -0.161. The Bertz CT molecular complexity index is 949. The zero-order chi connectivity index (χ0) is 18.3. The van der Waals surface area contributed by atoms with Crippen molar-refractivity contribution < 1.29 is 0 Å². The molecule has 2 aromatic rings. The fraction of sp³-hybridized carbons (Fsp3) is 0.154. The van der Waals surface area contributed by atoms with Crippen LogP contribution in [0.5, 0.6) is 0 Å². The predicted molar refractivity (Wildman–Crippen MR) is 112 cm³/mol. The van der Waals surface area contributed by atoms with E-state index in [0.717, 1.165) is 12.8 Å². The molecule has 0 aliphatic heterocycles. The Balaban J connectivity index is 0.000000814. The molecule has 0 fully saturated rings. The quantitative estimate of drug-likeness (QED) is 0.458. The van der Waals surface area contributed by atoms with Gasteiger partial charge in [-0.05, 0) is 64.3 Å². The first-order valence-corrected chi connectivity index (χ1v) is 9.26. The summed E-state index contributed by atoms with van der Waals surface area (Å²) < 4.78 is 0. The van der Waals surface area contributed by atoms with Crippen molar-refractivity contribution in [1.82, 2.24) is 0 Å². The SMILES string of the molecule is C=C.C=C1C2=C(C=CCC2)C2(/C1=C/C)c1ccccc1-c1ccccc12. The monoisotopic (exact) mass is 336 g/mol. The minimum Gasteiger partial charge on any atom is -0.106 e. The van der Waals surface area contributed by atoms with Crippen LogP contribution >= 0.6 is 0 Å². The number of rotatable bonds is 0. The lowest BCUT2D eigenvalue weighted by Crippen LogP contribution is -2.27. The Kier molecular flexibility index (Phi) is 3.92. The van der Waals surface area contributed by atoms with Gasteiger partial charge in [-0.3, -0.25) is 0 Å². The van der Waals surface area contributed by atoms with Crippen molar-refractivity contribution in [2.24, 2.45) is 0 Å². The van der Waals surface area contributed by atoms with E-state index in [2.05, 4.69) is 93.4 Å². The summed E-state index contributed by atoms with van der Waals surface area (Å²) >= 11 is 0. The second kappa shape index (κ2) is 6.14. The highest BCUT2D eigenvalue weighted by Crippen LogP contribution is 2.63. The largest absolute Gasteiger partial charge is 0.106 e. The fourth-order valence-electron chi connectivity index (χ4n) is 5.07. The molecule has 0 radical (unpaired) electrons. The first-order chi connectivity index (χ1) is 12.8. The fourth-order valence-corrected chi connectivity index (χ4v) is 5.07. The molecule has 26 heavy (non-hydrogen) atoms. The van der Waals surface area contributed by atoms with Gasteiger partial charge in [0, 0.05) is 0 Å². The predicted octanol–water partition coefficient (Wildman–Crippen LogP) is 6.92. The summed E-state index contributed by atoms with van der Waals surface area (Å²) in [6, 6.07) is 17.8. The topological polar surface area (TPSA) is 0 Å². The van der Waals surface area contributed by atoms with Gasteiger partial charge in [0.05, 0.1) is 5.41 Å². The Labute approximate surface area is 156 Å². The van der Waals surface area contributed by atoms with E-state index in [-0.39, 0.29) is 5.41 Å². The third kappa shape index (κ3) is 1.85. The molecule has 0 heterocycles. The molecule has 0 nitrogen and oxygen atoms in total. The van der Waals surface area contributed by atoms with Gasteiger partial charge in [-0.1, -0.05) is 73.3 Å². The molecule has 0 bridgehead atoms. The Hall–Kier alpha value is -2.86. The van der Waals surface area contributed by atoms with Crippen molar-refractivity contribution in [2.45, 2.75) is 25.2 Å². The van der Waals surface area contributed by atoms with Crippen LogP contribution in [0, 0.1) is 0 Å². The number of hydrogen-bond donors (Lipinski definition) is 0. The Morgan fingerprint density at radius 3 is 2.08 bits per heavy atom. The molecule has 0 aromatic heterocycles. The van der Waals surface area contributed by atoms with Gasteiger partial charge in [0.1, 0.15) is 0 Å².